The van der Waals surface area contributed by atoms with Crippen molar-refractivity contribution in [3.8, 4) is 0 Å². The van der Waals surface area contributed by atoms with Gasteiger partial charge in [0.05, 0.1) is 16.3 Å². The minimum Gasteiger partial charge on any atom is -0.321 e. The molecule has 0 N–H and O–H groups in total. The molecule has 1 amide bonds. The van der Waals surface area contributed by atoms with Gasteiger partial charge in [0.2, 0.25) is 20.0 Å². The lowest BCUT2D eigenvalue weighted by atomic mass is 10.1. The highest BCUT2D eigenvalue weighted by Crippen LogP contribution is 2.32. The van der Waals surface area contributed by atoms with Gasteiger partial charge in [0, 0.05) is 43.0 Å². The van der Waals surface area contributed by atoms with Crippen LogP contribution in [-0.2, 0) is 26.6 Å². The molecule has 214 valence electrons. The highest BCUT2D eigenvalue weighted by Gasteiger charge is 2.31. The van der Waals surface area contributed by atoms with Crippen LogP contribution >= 0.6 is 0 Å². The topological polar surface area (TPSA) is 107 Å². The Morgan fingerprint density at radius 1 is 0.659 bits per heavy atom. The SMILES string of the molecule is O=C(N=C1c2ccccc2CN1c1cccc(S(=O)(=O)N2CCCCC2)c1)c1ccc(S(=O)(=O)N2CCCC2)cc1. The molecule has 3 aliphatic rings. The van der Waals surface area contributed by atoms with Crippen molar-refractivity contribution in [3.63, 3.8) is 0 Å². The van der Waals surface area contributed by atoms with Crippen LogP contribution in [0.1, 0.15) is 53.6 Å². The van der Waals surface area contributed by atoms with E-state index in [9.17, 15) is 21.6 Å². The number of rotatable bonds is 6. The van der Waals surface area contributed by atoms with Gasteiger partial charge in [-0.3, -0.25) is 4.79 Å². The summed E-state index contributed by atoms with van der Waals surface area (Å²) in [6, 6.07) is 20.3. The second-order valence-electron chi connectivity index (χ2n) is 10.6. The van der Waals surface area contributed by atoms with Crippen molar-refractivity contribution in [3.05, 3.63) is 89.5 Å². The fourth-order valence-electron chi connectivity index (χ4n) is 5.68. The summed E-state index contributed by atoms with van der Waals surface area (Å²) in [5, 5.41) is 0. The van der Waals surface area contributed by atoms with Gasteiger partial charge in [-0.05, 0) is 73.7 Å². The molecule has 3 aromatic carbocycles. The van der Waals surface area contributed by atoms with E-state index < -0.39 is 26.0 Å². The van der Waals surface area contributed by atoms with Crippen molar-refractivity contribution < 1.29 is 21.6 Å². The number of amides is 1. The third-order valence-corrected chi connectivity index (χ3v) is 11.7. The first kappa shape index (κ1) is 27.8. The van der Waals surface area contributed by atoms with Gasteiger partial charge >= 0.3 is 0 Å². The predicted octanol–water partition coefficient (Wildman–Crippen LogP) is 4.25. The van der Waals surface area contributed by atoms with Crippen LogP contribution in [0.25, 0.3) is 0 Å². The molecule has 0 saturated carbocycles. The van der Waals surface area contributed by atoms with E-state index in [0.717, 1.165) is 43.2 Å². The standard InChI is InChI=1S/C30H32N4O5S2/c35-30(23-13-15-26(16-14-23)40(36,37)32-19-6-7-20-32)31-29-28-12-3-2-9-24(28)22-34(29)25-10-8-11-27(21-25)41(38,39)33-17-4-1-5-18-33/h2-3,8-16,21H,1,4-7,17-20,22H2. The smallest absolute Gasteiger partial charge is 0.278 e. The molecular weight excluding hydrogens is 560 g/mol. The van der Waals surface area contributed by atoms with Crippen LogP contribution in [-0.4, -0.2) is 63.4 Å². The zero-order valence-corrected chi connectivity index (χ0v) is 24.3. The van der Waals surface area contributed by atoms with Crippen molar-refractivity contribution in [1.29, 1.82) is 0 Å². The third-order valence-electron chi connectivity index (χ3n) is 7.94. The second kappa shape index (κ2) is 11.1. The highest BCUT2D eigenvalue weighted by molar-refractivity contribution is 7.89. The lowest BCUT2D eigenvalue weighted by Gasteiger charge is -2.26. The number of sulfonamides is 2. The van der Waals surface area contributed by atoms with E-state index in [1.54, 1.807) is 22.5 Å². The van der Waals surface area contributed by atoms with Gasteiger partial charge in [0.1, 0.15) is 5.84 Å². The first-order valence-corrected chi connectivity index (χ1v) is 16.8. The lowest BCUT2D eigenvalue weighted by Crippen LogP contribution is -2.35. The average molecular weight is 593 g/mol. The van der Waals surface area contributed by atoms with Crippen LogP contribution in [0.2, 0.25) is 0 Å². The van der Waals surface area contributed by atoms with Crippen LogP contribution < -0.4 is 4.90 Å². The Balaban J connectivity index is 1.31. The number of piperidine rings is 1. The summed E-state index contributed by atoms with van der Waals surface area (Å²) < 4.78 is 55.5. The molecule has 0 atom stereocenters. The molecule has 6 rings (SSSR count). The quantitative estimate of drug-likeness (QED) is 0.424. The van der Waals surface area contributed by atoms with Gasteiger partial charge in [-0.25, -0.2) is 16.8 Å². The molecule has 3 aromatic rings. The molecule has 2 fully saturated rings. The van der Waals surface area contributed by atoms with Gasteiger partial charge in [-0.15, -0.1) is 0 Å². The first-order chi connectivity index (χ1) is 19.7. The average Bonchev–Trinajstić information content (AvgIpc) is 3.68. The molecule has 0 bridgehead atoms. The summed E-state index contributed by atoms with van der Waals surface area (Å²) in [6.45, 7) is 2.48. The fourth-order valence-corrected chi connectivity index (χ4v) is 8.75. The van der Waals surface area contributed by atoms with E-state index in [2.05, 4.69) is 4.99 Å². The summed E-state index contributed by atoms with van der Waals surface area (Å²) in [5.41, 5.74) is 2.65. The number of carbonyl (C=O) groups excluding carboxylic acids is 1. The Morgan fingerprint density at radius 2 is 1.27 bits per heavy atom. The third kappa shape index (κ3) is 5.34. The number of amidine groups is 1. The molecule has 3 aliphatic heterocycles. The summed E-state index contributed by atoms with van der Waals surface area (Å²) in [5.74, 6) is -0.0872. The van der Waals surface area contributed by atoms with E-state index in [1.165, 1.54) is 28.6 Å². The monoisotopic (exact) mass is 592 g/mol. The van der Waals surface area contributed by atoms with Crippen LogP contribution in [0.15, 0.2) is 87.6 Å². The molecular formula is C30H32N4O5S2. The summed E-state index contributed by atoms with van der Waals surface area (Å²) >= 11 is 0. The minimum atomic E-state index is -3.64. The number of aliphatic imine (C=N–C) groups is 1. The van der Waals surface area contributed by atoms with Crippen molar-refractivity contribution in [2.24, 2.45) is 4.99 Å². The lowest BCUT2D eigenvalue weighted by molar-refractivity contribution is 0.100. The van der Waals surface area contributed by atoms with Crippen molar-refractivity contribution in [2.75, 3.05) is 31.1 Å². The Labute approximate surface area is 241 Å². The minimum absolute atomic E-state index is 0.156. The van der Waals surface area contributed by atoms with E-state index in [-0.39, 0.29) is 15.4 Å². The van der Waals surface area contributed by atoms with Crippen molar-refractivity contribution in [2.45, 2.75) is 48.4 Å². The number of benzene rings is 3. The van der Waals surface area contributed by atoms with E-state index in [0.29, 0.717) is 44.2 Å². The van der Waals surface area contributed by atoms with Crippen LogP contribution in [0.4, 0.5) is 5.69 Å². The fraction of sp³-hybridized carbons (Fsp3) is 0.333. The zero-order chi connectivity index (χ0) is 28.6. The first-order valence-electron chi connectivity index (χ1n) is 13.9. The molecule has 9 nitrogen and oxygen atoms in total. The van der Waals surface area contributed by atoms with Crippen molar-refractivity contribution >= 4 is 37.5 Å². The maximum absolute atomic E-state index is 13.4. The number of hydrogen-bond donors (Lipinski definition) is 0. The predicted molar refractivity (Wildman–Crippen MR) is 157 cm³/mol. The molecule has 0 aromatic heterocycles. The van der Waals surface area contributed by atoms with Crippen molar-refractivity contribution in [1.82, 2.24) is 8.61 Å². The molecule has 41 heavy (non-hydrogen) atoms. The normalized spacial score (nSPS) is 19.5. The van der Waals surface area contributed by atoms with E-state index in [1.807, 2.05) is 35.2 Å². The van der Waals surface area contributed by atoms with E-state index in [4.69, 9.17) is 0 Å². The van der Waals surface area contributed by atoms with Gasteiger partial charge in [-0.1, -0.05) is 36.8 Å². The molecule has 11 heteroatoms. The number of nitrogens with zero attached hydrogens (tertiary/aromatic N) is 4. The second-order valence-corrected chi connectivity index (χ2v) is 14.5. The van der Waals surface area contributed by atoms with Crippen LogP contribution in [0.3, 0.4) is 0 Å². The maximum atomic E-state index is 13.4. The summed E-state index contributed by atoms with van der Waals surface area (Å²) in [6.07, 6.45) is 4.43. The van der Waals surface area contributed by atoms with E-state index >= 15 is 0 Å². The number of hydrogen-bond acceptors (Lipinski definition) is 5. The molecule has 0 radical (unpaired) electrons. The van der Waals surface area contributed by atoms with Gasteiger partial charge in [0.25, 0.3) is 5.91 Å². The van der Waals surface area contributed by atoms with Gasteiger partial charge in [0.15, 0.2) is 0 Å². The Bertz CT molecular complexity index is 1710. The van der Waals surface area contributed by atoms with Gasteiger partial charge in [-0.2, -0.15) is 13.6 Å². The molecule has 0 aliphatic carbocycles. The number of fused-ring (bicyclic) bond motifs is 1. The highest BCUT2D eigenvalue weighted by atomic mass is 32.2. The number of anilines is 1. The molecule has 0 unspecified atom stereocenters. The Morgan fingerprint density at radius 3 is 1.95 bits per heavy atom. The van der Waals surface area contributed by atoms with Gasteiger partial charge < -0.3 is 4.90 Å². The summed E-state index contributed by atoms with van der Waals surface area (Å²) in [4.78, 5) is 20.1. The number of carbonyl (C=O) groups is 1. The molecule has 3 heterocycles. The zero-order valence-electron chi connectivity index (χ0n) is 22.6. The maximum Gasteiger partial charge on any atom is 0.278 e. The molecule has 2 saturated heterocycles. The largest absolute Gasteiger partial charge is 0.321 e. The molecule has 0 spiro atoms. The summed E-state index contributed by atoms with van der Waals surface area (Å²) in [7, 11) is -7.23. The Hall–Kier alpha value is -3.38. The van der Waals surface area contributed by atoms with Crippen LogP contribution in [0, 0.1) is 0 Å². The van der Waals surface area contributed by atoms with Crippen LogP contribution in [0.5, 0.6) is 0 Å². The Kier molecular flexibility index (Phi) is 7.54.